The van der Waals surface area contributed by atoms with Crippen LogP contribution in [0.3, 0.4) is 0 Å². The summed E-state index contributed by atoms with van der Waals surface area (Å²) in [6.07, 6.45) is 0.0567. The highest BCUT2D eigenvalue weighted by Crippen LogP contribution is 2.30. The Balaban J connectivity index is 1.42. The summed E-state index contributed by atoms with van der Waals surface area (Å²) in [6, 6.07) is 12.4. The van der Waals surface area contributed by atoms with Crippen molar-refractivity contribution >= 4 is 23.5 Å². The number of ether oxygens (including phenoxy) is 3. The van der Waals surface area contributed by atoms with Crippen LogP contribution in [-0.4, -0.2) is 31.7 Å². The molecule has 0 fully saturated rings. The Morgan fingerprint density at radius 3 is 2.46 bits per heavy atom. The van der Waals surface area contributed by atoms with Crippen LogP contribution < -0.4 is 14.8 Å². The molecule has 0 spiro atoms. The third-order valence-electron chi connectivity index (χ3n) is 3.72. The predicted octanol–water partition coefficient (Wildman–Crippen LogP) is 2.51. The highest BCUT2D eigenvalue weighted by Gasteiger charge is 2.14. The van der Waals surface area contributed by atoms with Gasteiger partial charge in [-0.25, -0.2) is 0 Å². The molecule has 0 aromatic heterocycles. The molecule has 0 saturated carbocycles. The maximum Gasteiger partial charge on any atom is 0.310 e. The molecule has 1 amide bonds. The predicted molar refractivity (Wildman–Crippen MR) is 95.4 cm³/mol. The summed E-state index contributed by atoms with van der Waals surface area (Å²) in [4.78, 5) is 23.7. The topological polar surface area (TPSA) is 73.9 Å². The van der Waals surface area contributed by atoms with Gasteiger partial charge in [-0.3, -0.25) is 9.59 Å². The fraction of sp³-hybridized carbons (Fsp3) is 0.263. The number of carbonyl (C=O) groups excluding carboxylic acids is 2. The molecule has 7 heteroatoms. The molecular formula is C19H18ClNO5. The molecule has 0 unspecified atom stereocenters. The molecule has 1 N–H and O–H groups in total. The lowest BCUT2D eigenvalue weighted by molar-refractivity contribution is -0.147. The number of fused-ring (bicyclic) bond motifs is 1. The molecular weight excluding hydrogens is 358 g/mol. The third-order valence-corrected chi connectivity index (χ3v) is 3.97. The smallest absolute Gasteiger partial charge is 0.310 e. The Bertz CT molecular complexity index is 791. The maximum absolute atomic E-state index is 11.9. The van der Waals surface area contributed by atoms with Gasteiger partial charge in [-0.2, -0.15) is 0 Å². The third kappa shape index (κ3) is 5.13. The summed E-state index contributed by atoms with van der Waals surface area (Å²) in [6.45, 7) is 1.01. The standard InChI is InChI=1S/C19H18ClNO5/c20-15-4-1-13(2-5-15)11-21-18(22)12-26-19(23)10-14-3-6-16-17(9-14)25-8-7-24-16/h1-6,9H,7-8,10-12H2,(H,21,22). The van der Waals surface area contributed by atoms with Gasteiger partial charge < -0.3 is 19.5 Å². The average molecular weight is 376 g/mol. The van der Waals surface area contributed by atoms with Crippen LogP contribution >= 0.6 is 11.6 Å². The molecule has 1 heterocycles. The number of hydrogen-bond acceptors (Lipinski definition) is 5. The van der Waals surface area contributed by atoms with E-state index in [0.29, 0.717) is 36.3 Å². The van der Waals surface area contributed by atoms with Gasteiger partial charge in [0.1, 0.15) is 13.2 Å². The van der Waals surface area contributed by atoms with Crippen molar-refractivity contribution in [3.8, 4) is 11.5 Å². The number of esters is 1. The highest BCUT2D eigenvalue weighted by atomic mass is 35.5. The summed E-state index contributed by atoms with van der Waals surface area (Å²) >= 11 is 5.80. The minimum Gasteiger partial charge on any atom is -0.486 e. The first-order valence-electron chi connectivity index (χ1n) is 8.15. The Kier molecular flexibility index (Phi) is 5.96. The van der Waals surface area contributed by atoms with E-state index in [0.717, 1.165) is 11.1 Å². The van der Waals surface area contributed by atoms with Gasteiger partial charge in [0.15, 0.2) is 18.1 Å². The first-order chi connectivity index (χ1) is 12.6. The number of rotatable bonds is 6. The zero-order valence-electron chi connectivity index (χ0n) is 14.0. The molecule has 2 aromatic rings. The van der Waals surface area contributed by atoms with E-state index >= 15 is 0 Å². The van der Waals surface area contributed by atoms with Gasteiger partial charge in [-0.1, -0.05) is 29.8 Å². The van der Waals surface area contributed by atoms with Crippen molar-refractivity contribution in [3.05, 3.63) is 58.6 Å². The highest BCUT2D eigenvalue weighted by molar-refractivity contribution is 6.30. The van der Waals surface area contributed by atoms with Gasteiger partial charge >= 0.3 is 5.97 Å². The molecule has 136 valence electrons. The van der Waals surface area contributed by atoms with Crippen molar-refractivity contribution in [2.75, 3.05) is 19.8 Å². The maximum atomic E-state index is 11.9. The summed E-state index contributed by atoms with van der Waals surface area (Å²) < 4.78 is 15.9. The number of carbonyl (C=O) groups is 2. The molecule has 26 heavy (non-hydrogen) atoms. The number of halogens is 1. The molecule has 6 nitrogen and oxygen atoms in total. The number of amides is 1. The van der Waals surface area contributed by atoms with Gasteiger partial charge in [0, 0.05) is 11.6 Å². The van der Waals surface area contributed by atoms with E-state index in [1.54, 1.807) is 30.3 Å². The lowest BCUT2D eigenvalue weighted by atomic mass is 10.1. The lowest BCUT2D eigenvalue weighted by Gasteiger charge is -2.18. The zero-order valence-corrected chi connectivity index (χ0v) is 14.8. The Morgan fingerprint density at radius 1 is 1.00 bits per heavy atom. The zero-order chi connectivity index (χ0) is 18.4. The van der Waals surface area contributed by atoms with Gasteiger partial charge in [0.05, 0.1) is 6.42 Å². The first kappa shape index (κ1) is 18.1. The van der Waals surface area contributed by atoms with E-state index in [1.165, 1.54) is 0 Å². The van der Waals surface area contributed by atoms with Gasteiger partial charge in [0.2, 0.25) is 0 Å². The van der Waals surface area contributed by atoms with Crippen LogP contribution in [0.2, 0.25) is 5.02 Å². The normalized spacial score (nSPS) is 12.3. The quantitative estimate of drug-likeness (QED) is 0.785. The van der Waals surface area contributed by atoms with Crippen LogP contribution in [0, 0.1) is 0 Å². The SMILES string of the molecule is O=C(COC(=O)Cc1ccc2c(c1)OCCO2)NCc1ccc(Cl)cc1. The summed E-state index contributed by atoms with van der Waals surface area (Å²) in [5.74, 6) is 0.427. The fourth-order valence-corrected chi connectivity index (χ4v) is 2.54. The van der Waals surface area contributed by atoms with Gasteiger partial charge in [-0.15, -0.1) is 0 Å². The molecule has 0 aliphatic carbocycles. The van der Waals surface area contributed by atoms with Crippen LogP contribution in [0.15, 0.2) is 42.5 Å². The van der Waals surface area contributed by atoms with Crippen LogP contribution in [0.1, 0.15) is 11.1 Å². The Labute approximate surface area is 156 Å². The van der Waals surface area contributed by atoms with Crippen LogP contribution in [0.25, 0.3) is 0 Å². The van der Waals surface area contributed by atoms with Crippen LogP contribution in [0.5, 0.6) is 11.5 Å². The van der Waals surface area contributed by atoms with Gasteiger partial charge in [0.25, 0.3) is 5.91 Å². The van der Waals surface area contributed by atoms with Crippen molar-refractivity contribution in [1.29, 1.82) is 0 Å². The number of nitrogens with one attached hydrogen (secondary N) is 1. The summed E-state index contributed by atoms with van der Waals surface area (Å²) in [5, 5.41) is 3.32. The second-order valence-electron chi connectivity index (χ2n) is 5.72. The van der Waals surface area contributed by atoms with Crippen molar-refractivity contribution in [2.45, 2.75) is 13.0 Å². The van der Waals surface area contributed by atoms with E-state index in [1.807, 2.05) is 12.1 Å². The average Bonchev–Trinajstić information content (AvgIpc) is 2.66. The number of hydrogen-bond donors (Lipinski definition) is 1. The molecule has 0 radical (unpaired) electrons. The Morgan fingerprint density at radius 2 is 1.69 bits per heavy atom. The summed E-state index contributed by atoms with van der Waals surface area (Å²) in [7, 11) is 0. The largest absolute Gasteiger partial charge is 0.486 e. The van der Waals surface area contributed by atoms with E-state index in [-0.39, 0.29) is 18.9 Å². The van der Waals surface area contributed by atoms with Crippen molar-refractivity contribution in [3.63, 3.8) is 0 Å². The minimum absolute atomic E-state index is 0.0567. The second-order valence-corrected chi connectivity index (χ2v) is 6.16. The molecule has 0 atom stereocenters. The monoisotopic (exact) mass is 375 g/mol. The molecule has 2 aromatic carbocycles. The lowest BCUT2D eigenvalue weighted by Crippen LogP contribution is -2.28. The summed E-state index contributed by atoms with van der Waals surface area (Å²) in [5.41, 5.74) is 1.64. The molecule has 1 aliphatic heterocycles. The van der Waals surface area contributed by atoms with Crippen LogP contribution in [-0.2, 0) is 27.3 Å². The Hall–Kier alpha value is -2.73. The van der Waals surface area contributed by atoms with E-state index in [4.69, 9.17) is 25.8 Å². The van der Waals surface area contributed by atoms with E-state index in [9.17, 15) is 9.59 Å². The number of benzene rings is 2. The second kappa shape index (κ2) is 8.58. The van der Waals surface area contributed by atoms with E-state index < -0.39 is 5.97 Å². The fourth-order valence-electron chi connectivity index (χ4n) is 2.42. The van der Waals surface area contributed by atoms with Gasteiger partial charge in [-0.05, 0) is 35.4 Å². The van der Waals surface area contributed by atoms with Crippen molar-refractivity contribution in [1.82, 2.24) is 5.32 Å². The molecule has 0 bridgehead atoms. The van der Waals surface area contributed by atoms with E-state index in [2.05, 4.69) is 5.32 Å². The van der Waals surface area contributed by atoms with Crippen molar-refractivity contribution < 1.29 is 23.8 Å². The van der Waals surface area contributed by atoms with Crippen molar-refractivity contribution in [2.24, 2.45) is 0 Å². The molecule has 1 aliphatic rings. The van der Waals surface area contributed by atoms with Crippen LogP contribution in [0.4, 0.5) is 0 Å². The molecule has 0 saturated heterocycles. The minimum atomic E-state index is -0.483. The first-order valence-corrected chi connectivity index (χ1v) is 8.53. The molecule has 3 rings (SSSR count).